The molecule has 0 bridgehead atoms. The van der Waals surface area contributed by atoms with Gasteiger partial charge in [-0.2, -0.15) is 25.3 Å². The van der Waals surface area contributed by atoms with Crippen molar-refractivity contribution >= 4 is 107 Å². The number of fused-ring (bicyclic) bond motifs is 1. The summed E-state index contributed by atoms with van der Waals surface area (Å²) in [6, 6.07) is 20.1. The summed E-state index contributed by atoms with van der Waals surface area (Å²) < 4.78 is 0. The molecule has 0 saturated carbocycles. The molecule has 17 N–H and O–H groups in total. The van der Waals surface area contributed by atoms with Crippen molar-refractivity contribution in [1.82, 2.24) is 93.0 Å². The Kier molecular flexibility index (Phi) is 28.5. The Labute approximate surface area is 613 Å². The minimum Gasteiger partial charge on any atom is -0.480 e. The first-order chi connectivity index (χ1) is 50.7. The molecule has 1 fully saturated rings. The summed E-state index contributed by atoms with van der Waals surface area (Å²) in [5.41, 5.74) is 10.8. The zero-order valence-electron chi connectivity index (χ0n) is 56.8. The fraction of sp³-hybridized carbons (Fsp3) is 0.338. The lowest BCUT2D eigenvalue weighted by Gasteiger charge is -2.29. The summed E-state index contributed by atoms with van der Waals surface area (Å²) in [5.74, 6) is -10.5. The van der Waals surface area contributed by atoms with Crippen LogP contribution in [0.25, 0.3) is 10.9 Å². The lowest BCUT2D eigenvalue weighted by atomic mass is 10.00. The number of imidazole rings is 3. The number of benzene rings is 4. The highest BCUT2D eigenvalue weighted by atomic mass is 32.1. The van der Waals surface area contributed by atoms with E-state index in [0.29, 0.717) is 56.7 Å². The molecule has 4 aromatic carbocycles. The highest BCUT2D eigenvalue weighted by Crippen LogP contribution is 2.22. The van der Waals surface area contributed by atoms with Gasteiger partial charge in [-0.25, -0.2) is 19.7 Å². The number of amides is 11. The third kappa shape index (κ3) is 22.9. The van der Waals surface area contributed by atoms with Gasteiger partial charge in [0.25, 0.3) is 0 Å². The van der Waals surface area contributed by atoms with Gasteiger partial charge in [-0.3, -0.25) is 52.7 Å². The fourth-order valence-corrected chi connectivity index (χ4v) is 12.3. The maximum atomic E-state index is 15.2. The largest absolute Gasteiger partial charge is 0.480 e. The first kappa shape index (κ1) is 77.5. The Morgan fingerprint density at radius 1 is 0.457 bits per heavy atom. The number of aliphatic carboxylic acids is 1. The van der Waals surface area contributed by atoms with Crippen LogP contribution in [0, 0.1) is 0 Å². The molecule has 9 rings (SSSR count). The molecular formula is C71H83N19O13S2. The number of hydrogen-bond donors (Lipinski definition) is 18. The maximum absolute atomic E-state index is 15.2. The number of rotatable bonds is 38. The third-order valence-corrected chi connectivity index (χ3v) is 18.1. The third-order valence-electron chi connectivity index (χ3n) is 17.4. The van der Waals surface area contributed by atoms with Gasteiger partial charge >= 0.3 is 5.97 Å². The summed E-state index contributed by atoms with van der Waals surface area (Å²) in [7, 11) is 0. The van der Waals surface area contributed by atoms with E-state index in [1.54, 1.807) is 103 Å². The second-order valence-corrected chi connectivity index (χ2v) is 25.7. The number of aromatic nitrogens is 7. The second kappa shape index (κ2) is 38.6. The molecule has 5 heterocycles. The zero-order chi connectivity index (χ0) is 74.8. The van der Waals surface area contributed by atoms with E-state index >= 15 is 9.59 Å². The molecular weight excluding hydrogens is 1390 g/mol. The van der Waals surface area contributed by atoms with Crippen LogP contribution < -0.4 is 58.9 Å². The van der Waals surface area contributed by atoms with Crippen LogP contribution in [-0.4, -0.2) is 207 Å². The number of hydrogen-bond acceptors (Lipinski definition) is 18. The van der Waals surface area contributed by atoms with E-state index in [-0.39, 0.29) is 69.4 Å². The van der Waals surface area contributed by atoms with Crippen LogP contribution >= 0.6 is 25.3 Å². The van der Waals surface area contributed by atoms with Gasteiger partial charge in [0, 0.05) is 116 Å². The van der Waals surface area contributed by atoms with E-state index in [1.165, 1.54) is 42.5 Å². The summed E-state index contributed by atoms with van der Waals surface area (Å²) >= 11 is 8.67. The topological polar surface area (TPSA) is 476 Å². The summed E-state index contributed by atoms with van der Waals surface area (Å²) in [6.45, 7) is -1.24. The summed E-state index contributed by atoms with van der Waals surface area (Å²) in [5, 5.41) is 37.0. The van der Waals surface area contributed by atoms with Gasteiger partial charge < -0.3 is 88.8 Å². The first-order valence-electron chi connectivity index (χ1n) is 33.8. The average molecular weight is 1470 g/mol. The molecule has 10 atom stereocenters. The van der Waals surface area contributed by atoms with Crippen molar-refractivity contribution < 1.29 is 62.6 Å². The van der Waals surface area contributed by atoms with Gasteiger partial charge in [0.15, 0.2) is 0 Å². The SMILES string of the molecule is N[C@@H](Cc1cnc[nH]1)C(=O)N[C@@H](Cc1ccccc1)C(=O)N[C@@H](CS)C(=O)N[C@@H](Cc1cnc[nH]1)C(=O)N[C@@H](Cc1ccccc1)C(=O)N[C@@H](Cc1c[nH]c2ccccc12)C(=O)N[C@@H](Cc1ccccc1)C(=O)NCC(=O)NCC(=O)N[C@@H](CS)C(=O)N1CCC[C@H]1C(=O)N[C@@H](Cc1cnc[nH]1)C(=O)O. The Hall–Kier alpha value is -11.6. The van der Waals surface area contributed by atoms with E-state index in [4.69, 9.17) is 5.73 Å². The zero-order valence-corrected chi connectivity index (χ0v) is 58.6. The number of carbonyl (C=O) groups excluding carboxylic acids is 11. The molecule has 8 aromatic rings. The highest BCUT2D eigenvalue weighted by Gasteiger charge is 2.40. The summed E-state index contributed by atoms with van der Waals surface area (Å²) in [6.07, 6.45) is 10.2. The van der Waals surface area contributed by atoms with Crippen molar-refractivity contribution in [3.05, 3.63) is 198 Å². The predicted octanol–water partition coefficient (Wildman–Crippen LogP) is -1.29. The van der Waals surface area contributed by atoms with E-state index in [2.05, 4.69) is 113 Å². The number of nitrogens with two attached hydrogens (primary N) is 1. The molecule has 4 aromatic heterocycles. The quantitative estimate of drug-likeness (QED) is 0.0200. The minimum absolute atomic E-state index is 0.00265. The normalized spacial score (nSPS) is 15.2. The number of carboxylic acid groups (broad SMARTS) is 1. The molecule has 0 unspecified atom stereocenters. The molecule has 32 nitrogen and oxygen atoms in total. The van der Waals surface area contributed by atoms with Crippen LogP contribution in [0.15, 0.2) is 159 Å². The Bertz CT molecular complexity index is 4250. The van der Waals surface area contributed by atoms with Gasteiger partial charge in [0.05, 0.1) is 38.1 Å². The number of carbonyl (C=O) groups is 12. The van der Waals surface area contributed by atoms with Crippen molar-refractivity contribution in [2.75, 3.05) is 31.1 Å². The van der Waals surface area contributed by atoms with Crippen molar-refractivity contribution in [1.29, 1.82) is 0 Å². The van der Waals surface area contributed by atoms with Crippen molar-refractivity contribution in [2.24, 2.45) is 5.73 Å². The van der Waals surface area contributed by atoms with Crippen LogP contribution in [0.3, 0.4) is 0 Å². The number of nitrogens with one attached hydrogen (secondary N) is 14. The van der Waals surface area contributed by atoms with Crippen molar-refractivity contribution in [3.8, 4) is 0 Å². The molecule has 0 radical (unpaired) electrons. The van der Waals surface area contributed by atoms with Gasteiger partial charge in [0.2, 0.25) is 65.0 Å². The van der Waals surface area contributed by atoms with Crippen LogP contribution in [0.1, 0.15) is 52.2 Å². The predicted molar refractivity (Wildman–Crippen MR) is 389 cm³/mol. The first-order valence-corrected chi connectivity index (χ1v) is 35.0. The molecule has 11 amide bonds. The fourth-order valence-electron chi connectivity index (χ4n) is 11.8. The minimum atomic E-state index is -1.48. The number of aromatic amines is 4. The number of thiol groups is 2. The molecule has 34 heteroatoms. The smallest absolute Gasteiger partial charge is 0.326 e. The Morgan fingerprint density at radius 2 is 0.886 bits per heavy atom. The molecule has 0 spiro atoms. The molecule has 1 aliphatic heterocycles. The molecule has 1 saturated heterocycles. The van der Waals surface area contributed by atoms with E-state index in [0.717, 1.165) is 0 Å². The Morgan fingerprint density at radius 3 is 1.38 bits per heavy atom. The van der Waals surface area contributed by atoms with Crippen LogP contribution in [0.2, 0.25) is 0 Å². The van der Waals surface area contributed by atoms with E-state index < -0.39 is 144 Å². The van der Waals surface area contributed by atoms with Crippen molar-refractivity contribution in [3.63, 3.8) is 0 Å². The number of carboxylic acids is 1. The van der Waals surface area contributed by atoms with Gasteiger partial charge in [-0.05, 0) is 41.2 Å². The average Bonchev–Trinajstić information content (AvgIpc) is 1.73. The number of para-hydroxylation sites is 1. The summed E-state index contributed by atoms with van der Waals surface area (Å²) in [4.78, 5) is 193. The van der Waals surface area contributed by atoms with E-state index in [9.17, 15) is 53.1 Å². The highest BCUT2D eigenvalue weighted by molar-refractivity contribution is 7.80. The molecule has 552 valence electrons. The molecule has 0 aliphatic carbocycles. The standard InChI is InChI=1S/C71H83N19O13S2/c72-49(27-45-31-73-38-79-45)62(93)83-52(24-42-15-6-2-7-16-42)65(96)89-57(36-104)68(99)87-55(28-46-32-74-39-80-46)67(98)85-53(25-43-17-8-3-9-18-43)64(95)86-54(26-44-30-76-50-20-11-10-19-48(44)50)66(97)84-51(23-41-13-4-1-5-14-41)63(94)78-34-60(91)77-35-61(92)82-58(37-105)70(101)90-22-12-21-59(90)69(100)88-56(71(102)103)29-47-33-75-40-81-47/h1-11,13-20,30-33,38-40,49,51-59,76,104-105H,12,21-29,34-37,72H2,(H,73,79)(H,74,80)(H,75,81)(H,77,91)(H,78,94)(H,82,92)(H,83,93)(H,84,97)(H,85,98)(H,86,95)(H,87,99)(H,88,100)(H,89,96)(H,102,103)/t49-,51-,52-,53-,54-,55-,56-,57-,58-,59-/m0/s1. The monoisotopic (exact) mass is 1470 g/mol. The van der Waals surface area contributed by atoms with Crippen LogP contribution in [0.5, 0.6) is 0 Å². The lowest BCUT2D eigenvalue weighted by molar-refractivity contribution is -0.144. The number of likely N-dealkylation sites (tertiary alicyclic amines) is 1. The maximum Gasteiger partial charge on any atom is 0.326 e. The van der Waals surface area contributed by atoms with E-state index in [1.807, 2.05) is 18.2 Å². The lowest BCUT2D eigenvalue weighted by Crippen LogP contribution is -2.61. The molecule has 1 aliphatic rings. The Balaban J connectivity index is 0.878. The van der Waals surface area contributed by atoms with Crippen molar-refractivity contribution in [2.45, 2.75) is 118 Å². The van der Waals surface area contributed by atoms with Gasteiger partial charge in [0.1, 0.15) is 54.4 Å². The number of nitrogens with zero attached hydrogens (tertiary/aromatic N) is 4. The van der Waals surface area contributed by atoms with Crippen LogP contribution in [0.4, 0.5) is 0 Å². The number of H-pyrrole nitrogens is 4. The van der Waals surface area contributed by atoms with Gasteiger partial charge in [-0.15, -0.1) is 0 Å². The second-order valence-electron chi connectivity index (χ2n) is 25.0. The molecule has 105 heavy (non-hydrogen) atoms. The van der Waals surface area contributed by atoms with Crippen LogP contribution in [-0.2, 0) is 102 Å². The van der Waals surface area contributed by atoms with Gasteiger partial charge in [-0.1, -0.05) is 109 Å².